The summed E-state index contributed by atoms with van der Waals surface area (Å²) in [5, 5.41) is 0. The number of rotatable bonds is 10. The summed E-state index contributed by atoms with van der Waals surface area (Å²) in [6.07, 6.45) is 7.32. The molecular weight excluding hydrogens is 512 g/mol. The second-order valence-electron chi connectivity index (χ2n) is 10.9. The van der Waals surface area contributed by atoms with Crippen molar-refractivity contribution >= 4 is 23.8 Å². The van der Waals surface area contributed by atoms with Gasteiger partial charge in [-0.1, -0.05) is 18.2 Å². The molecule has 1 unspecified atom stereocenters. The molecule has 1 N–H and O–H groups in total. The number of pyridine rings is 1. The third-order valence-corrected chi connectivity index (χ3v) is 6.51. The van der Waals surface area contributed by atoms with Crippen molar-refractivity contribution in [2.75, 3.05) is 37.7 Å². The minimum Gasteiger partial charge on any atom is -0.492 e. The van der Waals surface area contributed by atoms with Crippen LogP contribution in [0.5, 0.6) is 5.75 Å². The van der Waals surface area contributed by atoms with E-state index in [1.54, 1.807) is 23.2 Å². The fourth-order valence-corrected chi connectivity index (χ4v) is 4.57. The van der Waals surface area contributed by atoms with E-state index in [4.69, 9.17) is 19.0 Å². The number of carbonyl (C=O) groups excluding carboxylic acids is 2. The number of amides is 2. The van der Waals surface area contributed by atoms with Gasteiger partial charge in [0.15, 0.2) is 6.29 Å². The number of carbonyl (C=O) groups is 2. The van der Waals surface area contributed by atoms with E-state index in [1.807, 2.05) is 57.2 Å². The summed E-state index contributed by atoms with van der Waals surface area (Å²) in [6.45, 7) is 9.06. The van der Waals surface area contributed by atoms with Gasteiger partial charge in [0, 0.05) is 38.7 Å². The summed E-state index contributed by atoms with van der Waals surface area (Å²) in [7, 11) is 0. The van der Waals surface area contributed by atoms with Crippen molar-refractivity contribution in [1.82, 2.24) is 15.4 Å². The average molecular weight is 553 g/mol. The number of para-hydroxylation sites is 1. The fraction of sp³-hybridized carbons (Fsp3) is 0.500. The lowest BCUT2D eigenvalue weighted by Gasteiger charge is -2.31. The number of benzene rings is 1. The Morgan fingerprint density at radius 2 is 1.98 bits per heavy atom. The molecule has 0 bridgehead atoms. The van der Waals surface area contributed by atoms with Gasteiger partial charge < -0.3 is 14.2 Å². The van der Waals surface area contributed by atoms with Gasteiger partial charge >= 0.3 is 6.09 Å². The number of ether oxygens (including phenoxy) is 3. The van der Waals surface area contributed by atoms with E-state index in [9.17, 15) is 9.59 Å². The largest absolute Gasteiger partial charge is 0.492 e. The predicted molar refractivity (Wildman–Crippen MR) is 152 cm³/mol. The molecule has 0 radical (unpaired) electrons. The van der Waals surface area contributed by atoms with Crippen molar-refractivity contribution in [1.29, 1.82) is 0 Å². The van der Waals surface area contributed by atoms with Gasteiger partial charge in [-0.25, -0.2) is 15.1 Å². The maximum Gasteiger partial charge on any atom is 0.415 e. The van der Waals surface area contributed by atoms with E-state index in [0.29, 0.717) is 31.1 Å². The second kappa shape index (κ2) is 14.2. The summed E-state index contributed by atoms with van der Waals surface area (Å²) < 4.78 is 17.0. The highest BCUT2D eigenvalue weighted by molar-refractivity contribution is 5.91. The van der Waals surface area contributed by atoms with Crippen LogP contribution in [-0.4, -0.2) is 72.7 Å². The molecule has 1 aromatic carbocycles. The molecule has 216 valence electrons. The zero-order valence-electron chi connectivity index (χ0n) is 23.6. The molecule has 2 fully saturated rings. The van der Waals surface area contributed by atoms with Crippen LogP contribution in [0.25, 0.3) is 6.08 Å². The van der Waals surface area contributed by atoms with Crippen LogP contribution >= 0.6 is 0 Å². The lowest BCUT2D eigenvalue weighted by molar-refractivity contribution is -0.198. The molecular formula is C30H40N4O6. The Labute approximate surface area is 236 Å². The van der Waals surface area contributed by atoms with Gasteiger partial charge in [0.1, 0.15) is 18.0 Å². The van der Waals surface area contributed by atoms with Crippen LogP contribution in [0.1, 0.15) is 52.1 Å². The Morgan fingerprint density at radius 1 is 1.15 bits per heavy atom. The van der Waals surface area contributed by atoms with Gasteiger partial charge in [0.2, 0.25) is 0 Å². The quantitative estimate of drug-likeness (QED) is 0.338. The van der Waals surface area contributed by atoms with Crippen LogP contribution in [0.3, 0.4) is 0 Å². The number of aromatic nitrogens is 1. The molecule has 0 aliphatic carbocycles. The second-order valence-corrected chi connectivity index (χ2v) is 10.9. The highest BCUT2D eigenvalue weighted by Crippen LogP contribution is 2.26. The molecule has 2 saturated heterocycles. The highest BCUT2D eigenvalue weighted by Gasteiger charge is 2.34. The standard InChI is InChI=1S/C30H40N4O6/c1-30(2,3)39-29(36)34(25-16-17-33(22-25)18-20-37-26-9-5-4-6-10-26)24-14-12-23(31-21-24)13-15-27(35)32-40-28-11-7-8-19-38-28/h4-6,9-10,12-15,21,25,28H,7-8,11,16-20,22H2,1-3H3,(H,32,35)/b15-13+/t25-,28?/m1/s1. The Morgan fingerprint density at radius 3 is 2.67 bits per heavy atom. The smallest absolute Gasteiger partial charge is 0.415 e. The zero-order valence-corrected chi connectivity index (χ0v) is 23.6. The third-order valence-electron chi connectivity index (χ3n) is 6.51. The first-order valence-electron chi connectivity index (χ1n) is 13.9. The van der Waals surface area contributed by atoms with Crippen molar-refractivity contribution in [3.05, 3.63) is 60.4 Å². The molecule has 0 saturated carbocycles. The maximum absolute atomic E-state index is 13.3. The Balaban J connectivity index is 1.35. The minimum absolute atomic E-state index is 0.0697. The predicted octanol–water partition coefficient (Wildman–Crippen LogP) is 4.56. The van der Waals surface area contributed by atoms with Crippen LogP contribution in [0.4, 0.5) is 10.5 Å². The van der Waals surface area contributed by atoms with Crippen molar-refractivity contribution in [2.45, 2.75) is 64.4 Å². The number of nitrogens with zero attached hydrogens (tertiary/aromatic N) is 3. The molecule has 0 spiro atoms. The molecule has 2 aliphatic rings. The molecule has 2 aromatic rings. The monoisotopic (exact) mass is 552 g/mol. The average Bonchev–Trinajstić information content (AvgIpc) is 3.40. The van der Waals surface area contributed by atoms with Crippen molar-refractivity contribution in [3.63, 3.8) is 0 Å². The van der Waals surface area contributed by atoms with Crippen LogP contribution in [-0.2, 0) is 19.1 Å². The van der Waals surface area contributed by atoms with Gasteiger partial charge in [0.05, 0.1) is 23.6 Å². The molecule has 4 rings (SSSR count). The number of anilines is 1. The maximum atomic E-state index is 13.3. The van der Waals surface area contributed by atoms with E-state index < -0.39 is 23.9 Å². The fourth-order valence-electron chi connectivity index (χ4n) is 4.57. The van der Waals surface area contributed by atoms with Gasteiger partial charge in [0.25, 0.3) is 5.91 Å². The van der Waals surface area contributed by atoms with Gasteiger partial charge in [-0.3, -0.25) is 19.6 Å². The number of likely N-dealkylation sites (tertiary alicyclic amines) is 1. The van der Waals surface area contributed by atoms with E-state index in [-0.39, 0.29) is 6.04 Å². The first kappa shape index (κ1) is 29.5. The van der Waals surface area contributed by atoms with Gasteiger partial charge in [-0.05, 0) is 70.4 Å². The Kier molecular flexibility index (Phi) is 10.5. The number of hydrogen-bond acceptors (Lipinski definition) is 8. The zero-order chi connectivity index (χ0) is 28.4. The first-order valence-corrected chi connectivity index (χ1v) is 13.9. The molecule has 3 heterocycles. The Hall–Kier alpha value is -3.47. The topological polar surface area (TPSA) is 102 Å². The van der Waals surface area contributed by atoms with E-state index in [0.717, 1.165) is 44.5 Å². The summed E-state index contributed by atoms with van der Waals surface area (Å²) in [6, 6.07) is 13.3. The molecule has 2 atom stereocenters. The molecule has 10 heteroatoms. The SMILES string of the molecule is CC(C)(C)OC(=O)N(c1ccc(/C=C/C(=O)NOC2CCCCO2)nc1)[C@@H]1CCN(CCOc2ccccc2)C1. The summed E-state index contributed by atoms with van der Waals surface area (Å²) in [5.41, 5.74) is 2.97. The van der Waals surface area contributed by atoms with Crippen LogP contribution in [0, 0.1) is 0 Å². The van der Waals surface area contributed by atoms with E-state index in [2.05, 4.69) is 15.4 Å². The molecule has 1 aromatic heterocycles. The third kappa shape index (κ3) is 9.32. The van der Waals surface area contributed by atoms with Crippen LogP contribution < -0.4 is 15.1 Å². The number of hydrogen-bond donors (Lipinski definition) is 1. The minimum atomic E-state index is -0.634. The Bertz CT molecular complexity index is 1110. The van der Waals surface area contributed by atoms with Crippen molar-refractivity contribution in [2.24, 2.45) is 0 Å². The first-order chi connectivity index (χ1) is 19.3. The van der Waals surface area contributed by atoms with E-state index in [1.165, 1.54) is 6.08 Å². The lowest BCUT2D eigenvalue weighted by atomic mass is 10.2. The van der Waals surface area contributed by atoms with Crippen LogP contribution in [0.2, 0.25) is 0 Å². The summed E-state index contributed by atoms with van der Waals surface area (Å²) in [5.74, 6) is 0.440. The molecule has 2 amide bonds. The molecule has 2 aliphatic heterocycles. The van der Waals surface area contributed by atoms with Crippen molar-refractivity contribution < 1.29 is 28.6 Å². The lowest BCUT2D eigenvalue weighted by Crippen LogP contribution is -2.45. The normalized spacial score (nSPS) is 19.9. The molecule has 40 heavy (non-hydrogen) atoms. The molecule has 10 nitrogen and oxygen atoms in total. The van der Waals surface area contributed by atoms with E-state index >= 15 is 0 Å². The van der Waals surface area contributed by atoms with Gasteiger partial charge in [-0.2, -0.15) is 0 Å². The van der Waals surface area contributed by atoms with Crippen molar-refractivity contribution in [3.8, 4) is 5.75 Å². The summed E-state index contributed by atoms with van der Waals surface area (Å²) >= 11 is 0. The highest BCUT2D eigenvalue weighted by atomic mass is 16.8. The van der Waals surface area contributed by atoms with Crippen LogP contribution in [0.15, 0.2) is 54.7 Å². The van der Waals surface area contributed by atoms with Gasteiger partial charge in [-0.15, -0.1) is 0 Å². The number of nitrogens with one attached hydrogen (secondary N) is 1. The number of hydroxylamine groups is 1. The summed E-state index contributed by atoms with van der Waals surface area (Å²) in [4.78, 5) is 39.2.